The summed E-state index contributed by atoms with van der Waals surface area (Å²) in [5.74, 6) is 0. The molecule has 0 radical (unpaired) electrons. The zero-order valence-corrected chi connectivity index (χ0v) is 16.6. The van der Waals surface area contributed by atoms with Crippen LogP contribution < -0.4 is 21.2 Å². The molecule has 2 heterocycles. The zero-order chi connectivity index (χ0) is 20.0. The van der Waals surface area contributed by atoms with Gasteiger partial charge in [0.1, 0.15) is 0 Å². The molecule has 148 valence electrons. The van der Waals surface area contributed by atoms with E-state index in [1.807, 2.05) is 37.5 Å². The average Bonchev–Trinajstić information content (AvgIpc) is 3.37. The van der Waals surface area contributed by atoms with Crippen molar-refractivity contribution in [2.75, 3.05) is 24.3 Å². The van der Waals surface area contributed by atoms with Gasteiger partial charge in [-0.1, -0.05) is 0 Å². The van der Waals surface area contributed by atoms with Crippen LogP contribution in [0.25, 0.3) is 11.0 Å². The Morgan fingerprint density at radius 2 is 1.89 bits per heavy atom. The summed E-state index contributed by atoms with van der Waals surface area (Å²) in [7, 11) is 7.27. The van der Waals surface area contributed by atoms with Crippen molar-refractivity contribution in [3.05, 3.63) is 40.8 Å². The van der Waals surface area contributed by atoms with Crippen LogP contribution in [0.4, 0.5) is 16.2 Å². The van der Waals surface area contributed by atoms with Crippen molar-refractivity contribution in [2.24, 2.45) is 14.1 Å². The first kappa shape index (κ1) is 18.1. The predicted molar refractivity (Wildman–Crippen MR) is 109 cm³/mol. The Balaban J connectivity index is 1.56. The van der Waals surface area contributed by atoms with Gasteiger partial charge in [0.2, 0.25) is 0 Å². The number of rotatable bonds is 5. The van der Waals surface area contributed by atoms with E-state index in [2.05, 4.69) is 20.2 Å². The smallest absolute Gasteiger partial charge is 0.328 e. The van der Waals surface area contributed by atoms with Crippen molar-refractivity contribution in [1.29, 1.82) is 0 Å². The summed E-state index contributed by atoms with van der Waals surface area (Å²) in [6.45, 7) is 0.408. The molecule has 1 saturated carbocycles. The molecule has 0 unspecified atom stereocenters. The molecule has 2 aromatic heterocycles. The van der Waals surface area contributed by atoms with Gasteiger partial charge in [-0.05, 0) is 25.0 Å². The molecule has 0 bridgehead atoms. The molecular formula is C19H25N7O2. The third-order valence-corrected chi connectivity index (χ3v) is 5.24. The number of fused-ring (bicyclic) bond motifs is 1. The molecule has 0 aliphatic heterocycles. The highest BCUT2D eigenvalue weighted by Gasteiger charge is 2.25. The molecule has 2 amide bonds. The highest BCUT2D eigenvalue weighted by Crippen LogP contribution is 2.35. The summed E-state index contributed by atoms with van der Waals surface area (Å²) < 4.78 is 5.30. The predicted octanol–water partition coefficient (Wildman–Crippen LogP) is 1.80. The largest absolute Gasteiger partial charge is 0.376 e. The number of carbonyl (C=O) groups excluding carboxylic acids is 1. The second-order valence-corrected chi connectivity index (χ2v) is 7.48. The van der Waals surface area contributed by atoms with Gasteiger partial charge in [-0.25, -0.2) is 14.6 Å². The van der Waals surface area contributed by atoms with Gasteiger partial charge >= 0.3 is 11.7 Å². The maximum Gasteiger partial charge on any atom is 0.328 e. The van der Waals surface area contributed by atoms with E-state index in [0.29, 0.717) is 18.3 Å². The van der Waals surface area contributed by atoms with Gasteiger partial charge < -0.3 is 20.1 Å². The lowest BCUT2D eigenvalue weighted by atomic mass is 10.2. The maximum absolute atomic E-state index is 12.5. The number of benzene rings is 1. The Bertz CT molecular complexity index is 1100. The number of hydrogen-bond acceptors (Lipinski definition) is 4. The van der Waals surface area contributed by atoms with Crippen molar-refractivity contribution in [3.8, 4) is 0 Å². The molecule has 1 aliphatic carbocycles. The molecule has 1 aromatic carbocycles. The molecule has 3 aromatic rings. The zero-order valence-electron chi connectivity index (χ0n) is 16.6. The van der Waals surface area contributed by atoms with Crippen LogP contribution >= 0.6 is 0 Å². The van der Waals surface area contributed by atoms with Crippen molar-refractivity contribution in [1.82, 2.24) is 24.0 Å². The molecule has 9 nitrogen and oxygen atoms in total. The number of anilines is 2. The SMILES string of the molecule is CN(C)c1cc2c(cc1NC(=O)NCc1cncn1C1CC1)n(C)c(=O)n2C. The van der Waals surface area contributed by atoms with E-state index < -0.39 is 0 Å². The minimum atomic E-state index is -0.299. The van der Waals surface area contributed by atoms with Crippen LogP contribution in [-0.2, 0) is 20.6 Å². The third kappa shape index (κ3) is 3.12. The Morgan fingerprint density at radius 3 is 2.54 bits per heavy atom. The van der Waals surface area contributed by atoms with Gasteiger partial charge in [0.25, 0.3) is 0 Å². The lowest BCUT2D eigenvalue weighted by Crippen LogP contribution is -2.29. The molecular weight excluding hydrogens is 358 g/mol. The van der Waals surface area contributed by atoms with Crippen molar-refractivity contribution in [2.45, 2.75) is 25.4 Å². The summed E-state index contributed by atoms with van der Waals surface area (Å²) >= 11 is 0. The first-order valence-electron chi connectivity index (χ1n) is 9.29. The molecule has 1 fully saturated rings. The number of aryl methyl sites for hydroxylation is 2. The van der Waals surface area contributed by atoms with Gasteiger partial charge in [0, 0.05) is 40.4 Å². The van der Waals surface area contributed by atoms with Gasteiger partial charge in [-0.2, -0.15) is 0 Å². The third-order valence-electron chi connectivity index (χ3n) is 5.24. The van der Waals surface area contributed by atoms with Crippen LogP contribution in [0.15, 0.2) is 29.5 Å². The second-order valence-electron chi connectivity index (χ2n) is 7.48. The highest BCUT2D eigenvalue weighted by atomic mass is 16.2. The van der Waals surface area contributed by atoms with Gasteiger partial charge in [-0.3, -0.25) is 9.13 Å². The molecule has 4 rings (SSSR count). The fourth-order valence-electron chi connectivity index (χ4n) is 3.49. The standard InChI is InChI=1S/C19H25N7O2/c1-23(2)15-8-17-16(24(3)19(28)25(17)4)7-14(15)22-18(27)21-10-13-9-20-11-26(13)12-5-6-12/h7-9,11-12H,5-6,10H2,1-4H3,(H2,21,22,27). The van der Waals surface area contributed by atoms with Crippen LogP contribution in [-0.4, -0.2) is 38.8 Å². The van der Waals surface area contributed by atoms with Gasteiger partial charge in [0.15, 0.2) is 0 Å². The van der Waals surface area contributed by atoms with E-state index in [0.717, 1.165) is 35.3 Å². The maximum atomic E-state index is 12.5. The molecule has 0 spiro atoms. The minimum absolute atomic E-state index is 0.102. The van der Waals surface area contributed by atoms with E-state index in [-0.39, 0.29) is 11.7 Å². The summed E-state index contributed by atoms with van der Waals surface area (Å²) in [6, 6.07) is 3.96. The molecule has 1 aliphatic rings. The average molecular weight is 383 g/mol. The molecule has 0 saturated heterocycles. The molecule has 0 atom stereocenters. The molecule has 9 heteroatoms. The van der Waals surface area contributed by atoms with Crippen LogP contribution in [0.2, 0.25) is 0 Å². The van der Waals surface area contributed by atoms with Crippen molar-refractivity contribution >= 4 is 28.4 Å². The van der Waals surface area contributed by atoms with E-state index in [1.165, 1.54) is 0 Å². The normalized spacial score (nSPS) is 13.7. The highest BCUT2D eigenvalue weighted by molar-refractivity contribution is 5.97. The summed E-state index contributed by atoms with van der Waals surface area (Å²) in [4.78, 5) is 30.9. The number of nitrogens with one attached hydrogen (secondary N) is 2. The lowest BCUT2D eigenvalue weighted by Gasteiger charge is -2.19. The van der Waals surface area contributed by atoms with Crippen LogP contribution in [0, 0.1) is 0 Å². The lowest BCUT2D eigenvalue weighted by molar-refractivity contribution is 0.251. The number of urea groups is 1. The Labute approximate surface area is 162 Å². The van der Waals surface area contributed by atoms with E-state index in [1.54, 1.807) is 29.4 Å². The number of imidazole rings is 2. The first-order valence-corrected chi connectivity index (χ1v) is 9.29. The quantitative estimate of drug-likeness (QED) is 0.703. The topological polar surface area (TPSA) is 89.1 Å². The Morgan fingerprint density at radius 1 is 1.21 bits per heavy atom. The number of carbonyl (C=O) groups is 1. The van der Waals surface area contributed by atoms with E-state index >= 15 is 0 Å². The van der Waals surface area contributed by atoms with Crippen molar-refractivity contribution in [3.63, 3.8) is 0 Å². The van der Waals surface area contributed by atoms with Gasteiger partial charge in [0.05, 0.1) is 41.0 Å². The Hall–Kier alpha value is -3.23. The monoisotopic (exact) mass is 383 g/mol. The minimum Gasteiger partial charge on any atom is -0.376 e. The van der Waals surface area contributed by atoms with Gasteiger partial charge in [-0.15, -0.1) is 0 Å². The van der Waals surface area contributed by atoms with E-state index in [9.17, 15) is 9.59 Å². The number of hydrogen-bond donors (Lipinski definition) is 2. The van der Waals surface area contributed by atoms with Crippen LogP contribution in [0.1, 0.15) is 24.6 Å². The summed E-state index contributed by atoms with van der Waals surface area (Å²) in [5.41, 5.74) is 3.94. The van der Waals surface area contributed by atoms with Crippen LogP contribution in [0.5, 0.6) is 0 Å². The first-order chi connectivity index (χ1) is 13.4. The summed E-state index contributed by atoms with van der Waals surface area (Å²) in [5, 5.41) is 5.82. The van der Waals surface area contributed by atoms with E-state index in [4.69, 9.17) is 0 Å². The molecule has 28 heavy (non-hydrogen) atoms. The van der Waals surface area contributed by atoms with Crippen molar-refractivity contribution < 1.29 is 4.79 Å². The van der Waals surface area contributed by atoms with Crippen LogP contribution in [0.3, 0.4) is 0 Å². The number of nitrogens with zero attached hydrogens (tertiary/aromatic N) is 5. The molecule has 2 N–H and O–H groups in total. The number of amides is 2. The Kier molecular flexibility index (Phi) is 4.37. The fourth-order valence-corrected chi connectivity index (χ4v) is 3.49. The number of aromatic nitrogens is 4. The summed E-state index contributed by atoms with van der Waals surface area (Å²) in [6.07, 6.45) is 5.94. The fraction of sp³-hybridized carbons (Fsp3) is 0.421. The second kappa shape index (κ2) is 6.74.